The van der Waals surface area contributed by atoms with E-state index in [0.717, 1.165) is 61.7 Å². The first kappa shape index (κ1) is 18.6. The van der Waals surface area contributed by atoms with Crippen molar-refractivity contribution in [2.45, 2.75) is 57.5 Å². The van der Waals surface area contributed by atoms with Gasteiger partial charge in [0.1, 0.15) is 11.3 Å². The van der Waals surface area contributed by atoms with Crippen molar-refractivity contribution in [3.05, 3.63) is 35.8 Å². The number of carbonyl (C=O) groups is 1. The number of rotatable bonds is 5. The third-order valence-electron chi connectivity index (χ3n) is 9.68. The molecular weight excluding hydrogens is 386 g/mol. The minimum absolute atomic E-state index is 0.0401. The van der Waals surface area contributed by atoms with Crippen molar-refractivity contribution in [1.29, 1.82) is 0 Å². The maximum atomic E-state index is 13.3. The third-order valence-corrected chi connectivity index (χ3v) is 9.68. The molecular formula is C25H33N5O. The Morgan fingerprint density at radius 2 is 2.16 bits per heavy atom. The third kappa shape index (κ3) is 2.70. The van der Waals surface area contributed by atoms with Crippen LogP contribution in [0.25, 0.3) is 5.65 Å². The molecule has 5 unspecified atom stereocenters. The summed E-state index contributed by atoms with van der Waals surface area (Å²) in [7, 11) is 0. The van der Waals surface area contributed by atoms with Crippen LogP contribution < -0.4 is 11.1 Å². The van der Waals surface area contributed by atoms with Crippen LogP contribution in [-0.2, 0) is 6.54 Å². The zero-order valence-corrected chi connectivity index (χ0v) is 18.2. The number of imidazole rings is 1. The smallest absolute Gasteiger partial charge is 0.268 e. The summed E-state index contributed by atoms with van der Waals surface area (Å²) in [5.41, 5.74) is 9.63. The van der Waals surface area contributed by atoms with Crippen molar-refractivity contribution in [2.24, 2.45) is 34.3 Å². The number of nitrogens with one attached hydrogen (secondary N) is 1. The highest BCUT2D eigenvalue weighted by atomic mass is 16.1. The molecule has 3 N–H and O–H groups in total. The highest BCUT2D eigenvalue weighted by molar-refractivity contribution is 5.93. The number of nitrogens with zero attached hydrogens (tertiary/aromatic N) is 3. The number of nitrogens with two attached hydrogens (primary N) is 1. The fourth-order valence-electron chi connectivity index (χ4n) is 8.66. The van der Waals surface area contributed by atoms with Gasteiger partial charge in [-0.25, -0.2) is 4.98 Å². The first-order valence-electron chi connectivity index (χ1n) is 12.3. The topological polar surface area (TPSA) is 75.7 Å². The quantitative estimate of drug-likeness (QED) is 0.781. The summed E-state index contributed by atoms with van der Waals surface area (Å²) < 4.78 is 1.97. The summed E-state index contributed by atoms with van der Waals surface area (Å²) in [6.45, 7) is 3.59. The Bertz CT molecular complexity index is 1060. The lowest BCUT2D eigenvalue weighted by Gasteiger charge is -2.49. The first-order chi connectivity index (χ1) is 15.0. The highest BCUT2D eigenvalue weighted by Gasteiger charge is 2.70. The number of likely N-dealkylation sites (tertiary alicyclic amines) is 1. The Hall–Kier alpha value is -1.92. The fraction of sp³-hybridized carbons (Fsp3) is 0.680. The molecule has 2 aromatic rings. The molecule has 3 heterocycles. The summed E-state index contributed by atoms with van der Waals surface area (Å²) in [5.74, 6) is 2.91. The summed E-state index contributed by atoms with van der Waals surface area (Å²) in [4.78, 5) is 20.4. The summed E-state index contributed by atoms with van der Waals surface area (Å²) in [5, 5.41) is 3.36. The maximum absolute atomic E-state index is 13.3. The fourth-order valence-corrected chi connectivity index (χ4v) is 8.66. The molecule has 6 nitrogen and oxygen atoms in total. The zero-order valence-electron chi connectivity index (χ0n) is 18.2. The maximum Gasteiger partial charge on any atom is 0.268 e. The van der Waals surface area contributed by atoms with E-state index in [2.05, 4.69) is 10.2 Å². The van der Waals surface area contributed by atoms with Crippen molar-refractivity contribution in [3.63, 3.8) is 0 Å². The van der Waals surface area contributed by atoms with Crippen LogP contribution in [0.5, 0.6) is 0 Å². The Morgan fingerprint density at radius 1 is 1.23 bits per heavy atom. The number of pyridine rings is 1. The Morgan fingerprint density at radius 3 is 3.03 bits per heavy atom. The predicted molar refractivity (Wildman–Crippen MR) is 118 cm³/mol. The SMILES string of the molecule is N[C@@H]1CCN(Cc2cn3c(C(=O)NCC45CC6CC7CC(C4)C7(C6)C5)cccc3n2)C1. The molecule has 3 bridgehead atoms. The van der Waals surface area contributed by atoms with Gasteiger partial charge in [0.25, 0.3) is 5.91 Å². The van der Waals surface area contributed by atoms with Gasteiger partial charge in [-0.3, -0.25) is 14.1 Å². The van der Waals surface area contributed by atoms with Crippen molar-refractivity contribution in [2.75, 3.05) is 19.6 Å². The molecule has 1 aliphatic heterocycles. The zero-order chi connectivity index (χ0) is 20.8. The number of amides is 1. The van der Waals surface area contributed by atoms with Crippen LogP contribution in [0.3, 0.4) is 0 Å². The molecule has 1 spiro atoms. The van der Waals surface area contributed by atoms with E-state index in [1.807, 2.05) is 28.8 Å². The Labute approximate surface area is 183 Å². The molecule has 1 amide bonds. The normalized spacial score (nSPS) is 40.4. The van der Waals surface area contributed by atoms with Gasteiger partial charge in [0.15, 0.2) is 0 Å². The van der Waals surface area contributed by atoms with Crippen molar-refractivity contribution in [3.8, 4) is 0 Å². The van der Waals surface area contributed by atoms with Gasteiger partial charge in [0.2, 0.25) is 0 Å². The van der Waals surface area contributed by atoms with Gasteiger partial charge in [0, 0.05) is 38.4 Å². The highest BCUT2D eigenvalue weighted by Crippen LogP contribution is 2.78. The average Bonchev–Trinajstić information content (AvgIpc) is 3.43. The van der Waals surface area contributed by atoms with Crippen LogP contribution in [-0.4, -0.2) is 45.9 Å². The Kier molecular flexibility index (Phi) is 3.80. The monoisotopic (exact) mass is 419 g/mol. The molecule has 5 aliphatic rings. The predicted octanol–water partition coefficient (Wildman–Crippen LogP) is 2.81. The van der Waals surface area contributed by atoms with E-state index < -0.39 is 0 Å². The molecule has 1 saturated heterocycles. The molecule has 6 heteroatoms. The van der Waals surface area contributed by atoms with Crippen LogP contribution in [0.2, 0.25) is 0 Å². The summed E-state index contributed by atoms with van der Waals surface area (Å²) >= 11 is 0. The second-order valence-electron chi connectivity index (χ2n) is 11.6. The van der Waals surface area contributed by atoms with E-state index in [0.29, 0.717) is 16.5 Å². The molecule has 2 aromatic heterocycles. The summed E-state index contributed by atoms with van der Waals surface area (Å²) in [6, 6.07) is 6.13. The molecule has 31 heavy (non-hydrogen) atoms. The minimum Gasteiger partial charge on any atom is -0.350 e. The first-order valence-corrected chi connectivity index (χ1v) is 12.3. The standard InChI is InChI=1S/C25H33N5O/c26-19-4-5-29(11-19)12-20-13-30-21(2-1-3-22(30)28-20)23(31)27-15-24-8-16-6-17-7-18(10-24)25(17,9-16)14-24/h1-3,13,16-19H,4-12,14-15,26H2,(H,27,31)/t16?,17?,18?,19-,24?,25?/m1/s1. The van der Waals surface area contributed by atoms with Crippen molar-refractivity contribution in [1.82, 2.24) is 19.6 Å². The van der Waals surface area contributed by atoms with Gasteiger partial charge in [-0.1, -0.05) is 6.07 Å². The lowest BCUT2D eigenvalue weighted by molar-refractivity contribution is -0.00254. The molecule has 164 valence electrons. The van der Waals surface area contributed by atoms with E-state index in [4.69, 9.17) is 10.7 Å². The number of carbonyl (C=O) groups excluding carboxylic acids is 1. The van der Waals surface area contributed by atoms with E-state index in [1.54, 1.807) is 0 Å². The van der Waals surface area contributed by atoms with Crippen LogP contribution in [0.4, 0.5) is 0 Å². The van der Waals surface area contributed by atoms with Crippen LogP contribution in [0.1, 0.15) is 61.1 Å². The van der Waals surface area contributed by atoms with E-state index in [9.17, 15) is 4.79 Å². The van der Waals surface area contributed by atoms with E-state index in [-0.39, 0.29) is 11.9 Å². The second-order valence-corrected chi connectivity index (χ2v) is 11.6. The molecule has 7 rings (SSSR count). The van der Waals surface area contributed by atoms with Crippen LogP contribution in [0.15, 0.2) is 24.4 Å². The van der Waals surface area contributed by atoms with Crippen LogP contribution in [0, 0.1) is 28.6 Å². The average molecular weight is 420 g/mol. The molecule has 0 radical (unpaired) electrons. The van der Waals surface area contributed by atoms with Crippen molar-refractivity contribution >= 4 is 11.6 Å². The number of aromatic nitrogens is 2. The molecule has 4 saturated carbocycles. The van der Waals surface area contributed by atoms with Gasteiger partial charge in [0.05, 0.1) is 5.69 Å². The number of hydrogen-bond donors (Lipinski definition) is 2. The lowest BCUT2D eigenvalue weighted by atomic mass is 9.55. The molecule has 0 aromatic carbocycles. The number of fused-ring (bicyclic) bond motifs is 3. The summed E-state index contributed by atoms with van der Waals surface area (Å²) in [6.07, 6.45) is 11.5. The van der Waals surface area contributed by atoms with Gasteiger partial charge in [-0.15, -0.1) is 0 Å². The van der Waals surface area contributed by atoms with E-state index in [1.165, 1.54) is 38.5 Å². The minimum atomic E-state index is 0.0401. The van der Waals surface area contributed by atoms with Gasteiger partial charge < -0.3 is 11.1 Å². The molecule has 6 atom stereocenters. The van der Waals surface area contributed by atoms with Crippen molar-refractivity contribution < 1.29 is 4.79 Å². The number of hydrogen-bond acceptors (Lipinski definition) is 4. The largest absolute Gasteiger partial charge is 0.350 e. The van der Waals surface area contributed by atoms with Gasteiger partial charge in [-0.05, 0) is 85.7 Å². The molecule has 5 fully saturated rings. The molecule has 4 aliphatic carbocycles. The van der Waals surface area contributed by atoms with Gasteiger partial charge >= 0.3 is 0 Å². The lowest BCUT2D eigenvalue weighted by Crippen LogP contribution is -2.43. The van der Waals surface area contributed by atoms with Crippen LogP contribution >= 0.6 is 0 Å². The van der Waals surface area contributed by atoms with E-state index >= 15 is 0 Å². The second kappa shape index (κ2) is 6.32. The Balaban J connectivity index is 1.09. The van der Waals surface area contributed by atoms with Gasteiger partial charge in [-0.2, -0.15) is 0 Å².